The second-order valence-electron chi connectivity index (χ2n) is 3.60. The van der Waals surface area contributed by atoms with E-state index in [1.165, 1.54) is 25.0 Å². The molecule has 14 heavy (non-hydrogen) atoms. The molecular formula is C11H12ClFO. The number of hydrogen-bond donors (Lipinski definition) is 0. The normalized spacial score (nSPS) is 17.3. The van der Waals surface area contributed by atoms with Crippen LogP contribution in [0.2, 0.25) is 5.02 Å². The third kappa shape index (κ3) is 2.18. The minimum absolute atomic E-state index is 0.262. The predicted molar refractivity (Wildman–Crippen MR) is 54.3 cm³/mol. The summed E-state index contributed by atoms with van der Waals surface area (Å²) in [6.45, 7) is 0. The van der Waals surface area contributed by atoms with E-state index in [2.05, 4.69) is 0 Å². The van der Waals surface area contributed by atoms with E-state index < -0.39 is 0 Å². The number of ether oxygens (including phenoxy) is 1. The van der Waals surface area contributed by atoms with E-state index in [4.69, 9.17) is 16.3 Å². The van der Waals surface area contributed by atoms with Crippen LogP contribution in [0.5, 0.6) is 5.75 Å². The topological polar surface area (TPSA) is 9.23 Å². The lowest BCUT2D eigenvalue weighted by molar-refractivity contribution is 0.210. The molecule has 0 heterocycles. The lowest BCUT2D eigenvalue weighted by Crippen LogP contribution is -2.11. The Labute approximate surface area is 87.8 Å². The van der Waals surface area contributed by atoms with Gasteiger partial charge in [-0.1, -0.05) is 11.6 Å². The van der Waals surface area contributed by atoms with Crippen LogP contribution in [0, 0.1) is 5.82 Å². The van der Waals surface area contributed by atoms with Gasteiger partial charge in [-0.3, -0.25) is 0 Å². The zero-order chi connectivity index (χ0) is 9.97. The summed E-state index contributed by atoms with van der Waals surface area (Å²) in [5, 5.41) is 0.358. The van der Waals surface area contributed by atoms with E-state index in [-0.39, 0.29) is 11.9 Å². The Hall–Kier alpha value is -0.760. The van der Waals surface area contributed by atoms with Gasteiger partial charge in [0.05, 0.1) is 11.1 Å². The molecule has 1 saturated carbocycles. The molecule has 0 bridgehead atoms. The molecular weight excluding hydrogens is 203 g/mol. The van der Waals surface area contributed by atoms with Crippen LogP contribution in [0.15, 0.2) is 18.2 Å². The van der Waals surface area contributed by atoms with Crippen molar-refractivity contribution in [1.29, 1.82) is 0 Å². The van der Waals surface area contributed by atoms with Gasteiger partial charge >= 0.3 is 0 Å². The minimum Gasteiger partial charge on any atom is -0.489 e. The van der Waals surface area contributed by atoms with Crippen molar-refractivity contribution in [3.05, 3.63) is 29.0 Å². The lowest BCUT2D eigenvalue weighted by Gasteiger charge is -2.13. The summed E-state index contributed by atoms with van der Waals surface area (Å²) < 4.78 is 18.4. The van der Waals surface area contributed by atoms with Crippen molar-refractivity contribution in [1.82, 2.24) is 0 Å². The fraction of sp³-hybridized carbons (Fsp3) is 0.455. The second-order valence-corrected chi connectivity index (χ2v) is 4.01. The fourth-order valence-corrected chi connectivity index (χ4v) is 1.97. The van der Waals surface area contributed by atoms with Crippen molar-refractivity contribution < 1.29 is 9.13 Å². The average molecular weight is 215 g/mol. The van der Waals surface area contributed by atoms with Gasteiger partial charge in [-0.25, -0.2) is 4.39 Å². The third-order valence-electron chi connectivity index (χ3n) is 2.49. The molecule has 2 rings (SSSR count). The van der Waals surface area contributed by atoms with Crippen LogP contribution in [0.25, 0.3) is 0 Å². The lowest BCUT2D eigenvalue weighted by atomic mass is 10.3. The number of halogens is 2. The van der Waals surface area contributed by atoms with Crippen molar-refractivity contribution >= 4 is 11.6 Å². The third-order valence-corrected chi connectivity index (χ3v) is 2.79. The average Bonchev–Trinajstić information content (AvgIpc) is 2.62. The molecule has 0 spiro atoms. The van der Waals surface area contributed by atoms with Gasteiger partial charge in [0.1, 0.15) is 11.6 Å². The Bertz CT molecular complexity index is 321. The molecule has 0 saturated heterocycles. The number of rotatable bonds is 2. The Kier molecular flexibility index (Phi) is 2.92. The van der Waals surface area contributed by atoms with Gasteiger partial charge in [-0.2, -0.15) is 0 Å². The van der Waals surface area contributed by atoms with Crippen LogP contribution < -0.4 is 4.74 Å². The van der Waals surface area contributed by atoms with Crippen molar-refractivity contribution in [2.75, 3.05) is 0 Å². The minimum atomic E-state index is -0.325. The van der Waals surface area contributed by atoms with Gasteiger partial charge in [0.15, 0.2) is 0 Å². The highest BCUT2D eigenvalue weighted by Crippen LogP contribution is 2.29. The molecule has 1 aromatic rings. The van der Waals surface area contributed by atoms with E-state index in [0.29, 0.717) is 10.8 Å². The van der Waals surface area contributed by atoms with E-state index in [1.807, 2.05) is 0 Å². The van der Waals surface area contributed by atoms with Crippen molar-refractivity contribution in [3.8, 4) is 5.75 Å². The van der Waals surface area contributed by atoms with Crippen LogP contribution in [0.4, 0.5) is 4.39 Å². The van der Waals surface area contributed by atoms with Gasteiger partial charge in [-0.15, -0.1) is 0 Å². The van der Waals surface area contributed by atoms with Gasteiger partial charge < -0.3 is 4.74 Å². The van der Waals surface area contributed by atoms with Gasteiger partial charge in [0, 0.05) is 0 Å². The highest BCUT2D eigenvalue weighted by molar-refractivity contribution is 6.32. The Morgan fingerprint density at radius 2 is 2.00 bits per heavy atom. The molecule has 1 fully saturated rings. The van der Waals surface area contributed by atoms with Gasteiger partial charge in [0.2, 0.25) is 0 Å². The first-order valence-corrected chi connectivity index (χ1v) is 5.25. The molecule has 0 amide bonds. The highest BCUT2D eigenvalue weighted by Gasteiger charge is 2.17. The molecule has 0 aliphatic heterocycles. The number of benzene rings is 1. The molecule has 1 nitrogen and oxygen atoms in total. The molecule has 0 unspecified atom stereocenters. The fourth-order valence-electron chi connectivity index (χ4n) is 1.76. The van der Waals surface area contributed by atoms with Gasteiger partial charge in [-0.05, 0) is 43.9 Å². The maximum Gasteiger partial charge on any atom is 0.138 e. The molecule has 0 N–H and O–H groups in total. The monoisotopic (exact) mass is 214 g/mol. The molecule has 1 aromatic carbocycles. The summed E-state index contributed by atoms with van der Waals surface area (Å²) in [4.78, 5) is 0. The maximum atomic E-state index is 12.7. The molecule has 3 heteroatoms. The molecule has 0 aromatic heterocycles. The van der Waals surface area contributed by atoms with Crippen LogP contribution in [0.1, 0.15) is 25.7 Å². The van der Waals surface area contributed by atoms with E-state index in [9.17, 15) is 4.39 Å². The van der Waals surface area contributed by atoms with Crippen LogP contribution in [0.3, 0.4) is 0 Å². The molecule has 76 valence electrons. The molecule has 1 aliphatic rings. The summed E-state index contributed by atoms with van der Waals surface area (Å²) in [5.41, 5.74) is 0. The molecule has 0 atom stereocenters. The summed E-state index contributed by atoms with van der Waals surface area (Å²) in [6.07, 6.45) is 4.84. The summed E-state index contributed by atoms with van der Waals surface area (Å²) >= 11 is 5.84. The van der Waals surface area contributed by atoms with Crippen molar-refractivity contribution in [2.24, 2.45) is 0 Å². The first kappa shape index (κ1) is 9.78. The van der Waals surface area contributed by atoms with Crippen LogP contribution in [-0.4, -0.2) is 6.10 Å². The van der Waals surface area contributed by atoms with E-state index in [0.717, 1.165) is 12.8 Å². The Balaban J connectivity index is 2.08. The smallest absolute Gasteiger partial charge is 0.138 e. The Morgan fingerprint density at radius 3 is 2.64 bits per heavy atom. The summed E-state index contributed by atoms with van der Waals surface area (Å²) in [7, 11) is 0. The van der Waals surface area contributed by atoms with E-state index >= 15 is 0 Å². The highest BCUT2D eigenvalue weighted by atomic mass is 35.5. The Morgan fingerprint density at radius 1 is 1.29 bits per heavy atom. The molecule has 0 radical (unpaired) electrons. The van der Waals surface area contributed by atoms with Gasteiger partial charge in [0.25, 0.3) is 0 Å². The summed E-state index contributed by atoms with van der Waals surface area (Å²) in [6, 6.07) is 4.25. The largest absolute Gasteiger partial charge is 0.489 e. The zero-order valence-electron chi connectivity index (χ0n) is 7.80. The second kappa shape index (κ2) is 4.18. The first-order chi connectivity index (χ1) is 6.75. The standard InChI is InChI=1S/C11H12ClFO/c12-10-7-8(13)5-6-11(10)14-9-3-1-2-4-9/h5-7,9H,1-4H2. The first-order valence-electron chi connectivity index (χ1n) is 4.87. The van der Waals surface area contributed by atoms with Crippen LogP contribution in [-0.2, 0) is 0 Å². The number of hydrogen-bond acceptors (Lipinski definition) is 1. The maximum absolute atomic E-state index is 12.7. The van der Waals surface area contributed by atoms with Crippen molar-refractivity contribution in [2.45, 2.75) is 31.8 Å². The molecule has 1 aliphatic carbocycles. The van der Waals surface area contributed by atoms with Crippen molar-refractivity contribution in [3.63, 3.8) is 0 Å². The SMILES string of the molecule is Fc1ccc(OC2CCCC2)c(Cl)c1. The summed E-state index contributed by atoms with van der Waals surface area (Å²) in [5.74, 6) is 0.272. The predicted octanol–water partition coefficient (Wildman–Crippen LogP) is 3.80. The quantitative estimate of drug-likeness (QED) is 0.728. The van der Waals surface area contributed by atoms with E-state index in [1.54, 1.807) is 6.07 Å². The zero-order valence-corrected chi connectivity index (χ0v) is 8.56. The van der Waals surface area contributed by atoms with Crippen LogP contribution >= 0.6 is 11.6 Å².